The predicted octanol–water partition coefficient (Wildman–Crippen LogP) is 3.33. The van der Waals surface area contributed by atoms with E-state index in [0.717, 1.165) is 31.9 Å². The molecule has 1 aliphatic rings. The Morgan fingerprint density at radius 1 is 1.00 bits per heavy atom. The van der Waals surface area contributed by atoms with Crippen molar-refractivity contribution in [3.05, 3.63) is 71.8 Å². The molecule has 0 aliphatic carbocycles. The largest absolute Gasteiger partial charge is 0.411 e. The van der Waals surface area contributed by atoms with E-state index in [9.17, 15) is 5.21 Å². The van der Waals surface area contributed by atoms with Crippen LogP contribution in [-0.2, 0) is 4.74 Å². The molecule has 4 heteroatoms. The number of ether oxygens (including phenoxy) is 1. The second-order valence-electron chi connectivity index (χ2n) is 5.69. The molecule has 1 heterocycles. The second kappa shape index (κ2) is 7.90. The Bertz CT molecular complexity index is 622. The third kappa shape index (κ3) is 3.97. The number of oxime groups is 1. The Balaban J connectivity index is 1.86. The summed E-state index contributed by atoms with van der Waals surface area (Å²) in [5.41, 5.74) is 2.92. The fourth-order valence-corrected chi connectivity index (χ4v) is 3.05. The van der Waals surface area contributed by atoms with Crippen LogP contribution in [0.15, 0.2) is 65.8 Å². The standard InChI is InChI=1S/C19H22N2O2/c22-20-18(16-7-3-1-4-8-16)15-19(17-9-5-2-6-10-17)21-11-13-23-14-12-21/h1-10,19,22H,11-15H2/b20-18+/t19-/m0/s1. The van der Waals surface area contributed by atoms with Crippen LogP contribution in [0.3, 0.4) is 0 Å². The summed E-state index contributed by atoms with van der Waals surface area (Å²) in [4.78, 5) is 2.41. The molecule has 1 aliphatic heterocycles. The van der Waals surface area contributed by atoms with Crippen molar-refractivity contribution in [2.45, 2.75) is 12.5 Å². The van der Waals surface area contributed by atoms with Crippen LogP contribution in [0.1, 0.15) is 23.6 Å². The van der Waals surface area contributed by atoms with Gasteiger partial charge < -0.3 is 9.94 Å². The molecule has 1 N–H and O–H groups in total. The van der Waals surface area contributed by atoms with E-state index in [-0.39, 0.29) is 6.04 Å². The van der Waals surface area contributed by atoms with Crippen LogP contribution < -0.4 is 0 Å². The van der Waals surface area contributed by atoms with Crippen LogP contribution in [0.25, 0.3) is 0 Å². The predicted molar refractivity (Wildman–Crippen MR) is 91.0 cm³/mol. The molecule has 0 amide bonds. The molecule has 0 bridgehead atoms. The van der Waals surface area contributed by atoms with Crippen molar-refractivity contribution in [3.63, 3.8) is 0 Å². The van der Waals surface area contributed by atoms with Gasteiger partial charge in [0, 0.05) is 25.6 Å². The Labute approximate surface area is 137 Å². The van der Waals surface area contributed by atoms with Gasteiger partial charge in [0.2, 0.25) is 0 Å². The summed E-state index contributed by atoms with van der Waals surface area (Å²) in [5.74, 6) is 0. The van der Waals surface area contributed by atoms with Gasteiger partial charge in [0.15, 0.2) is 0 Å². The molecule has 0 saturated carbocycles. The Morgan fingerprint density at radius 2 is 1.61 bits per heavy atom. The van der Waals surface area contributed by atoms with E-state index in [4.69, 9.17) is 4.74 Å². The van der Waals surface area contributed by atoms with Crippen LogP contribution >= 0.6 is 0 Å². The summed E-state index contributed by atoms with van der Waals surface area (Å²) in [6.07, 6.45) is 0.671. The molecule has 0 spiro atoms. The van der Waals surface area contributed by atoms with Gasteiger partial charge in [-0.15, -0.1) is 0 Å². The second-order valence-corrected chi connectivity index (χ2v) is 5.69. The molecular weight excluding hydrogens is 288 g/mol. The average molecular weight is 310 g/mol. The van der Waals surface area contributed by atoms with Gasteiger partial charge in [-0.2, -0.15) is 0 Å². The van der Waals surface area contributed by atoms with Gasteiger partial charge in [0.25, 0.3) is 0 Å². The third-order valence-electron chi connectivity index (χ3n) is 4.29. The molecule has 2 aromatic carbocycles. The zero-order valence-electron chi connectivity index (χ0n) is 13.1. The molecule has 0 radical (unpaired) electrons. The summed E-state index contributed by atoms with van der Waals surface area (Å²) in [6.45, 7) is 3.29. The number of nitrogens with zero attached hydrogens (tertiary/aromatic N) is 2. The van der Waals surface area contributed by atoms with E-state index in [1.165, 1.54) is 5.56 Å². The molecule has 0 aromatic heterocycles. The molecule has 120 valence electrons. The van der Waals surface area contributed by atoms with Crippen LogP contribution in [0, 0.1) is 0 Å². The normalized spacial score (nSPS) is 17.8. The first-order valence-corrected chi connectivity index (χ1v) is 8.01. The van der Waals surface area contributed by atoms with E-state index in [1.807, 2.05) is 36.4 Å². The van der Waals surface area contributed by atoms with E-state index in [1.54, 1.807) is 0 Å². The van der Waals surface area contributed by atoms with Crippen LogP contribution in [0.5, 0.6) is 0 Å². The number of morpholine rings is 1. The van der Waals surface area contributed by atoms with Gasteiger partial charge in [-0.3, -0.25) is 4.90 Å². The van der Waals surface area contributed by atoms with Crippen molar-refractivity contribution in [2.24, 2.45) is 5.16 Å². The van der Waals surface area contributed by atoms with Crippen LogP contribution in [0.4, 0.5) is 0 Å². The van der Waals surface area contributed by atoms with Crippen LogP contribution in [0.2, 0.25) is 0 Å². The highest BCUT2D eigenvalue weighted by atomic mass is 16.5. The zero-order valence-corrected chi connectivity index (χ0v) is 13.1. The van der Waals surface area contributed by atoms with Gasteiger partial charge in [0.05, 0.1) is 18.9 Å². The lowest BCUT2D eigenvalue weighted by Gasteiger charge is -2.35. The lowest BCUT2D eigenvalue weighted by atomic mass is 9.95. The molecule has 23 heavy (non-hydrogen) atoms. The highest BCUT2D eigenvalue weighted by Gasteiger charge is 2.24. The minimum Gasteiger partial charge on any atom is -0.411 e. The van der Waals surface area contributed by atoms with Gasteiger partial charge in [-0.1, -0.05) is 65.8 Å². The highest BCUT2D eigenvalue weighted by molar-refractivity contribution is 6.00. The van der Waals surface area contributed by atoms with E-state index < -0.39 is 0 Å². The zero-order chi connectivity index (χ0) is 15.9. The maximum Gasteiger partial charge on any atom is 0.0886 e. The summed E-state index contributed by atoms with van der Waals surface area (Å²) in [7, 11) is 0. The van der Waals surface area contributed by atoms with Crippen molar-refractivity contribution in [1.29, 1.82) is 0 Å². The molecule has 1 atom stereocenters. The van der Waals surface area contributed by atoms with Gasteiger partial charge in [-0.25, -0.2) is 0 Å². The Hall–Kier alpha value is -2.17. The summed E-state index contributed by atoms with van der Waals surface area (Å²) in [5, 5.41) is 13.1. The smallest absolute Gasteiger partial charge is 0.0886 e. The lowest BCUT2D eigenvalue weighted by Crippen LogP contribution is -2.40. The van der Waals surface area contributed by atoms with Crippen LogP contribution in [-0.4, -0.2) is 42.1 Å². The molecule has 1 saturated heterocycles. The number of rotatable bonds is 5. The van der Waals surface area contributed by atoms with Crippen molar-refractivity contribution in [2.75, 3.05) is 26.3 Å². The Morgan fingerprint density at radius 3 is 2.22 bits per heavy atom. The topological polar surface area (TPSA) is 45.1 Å². The van der Waals surface area contributed by atoms with Crippen molar-refractivity contribution >= 4 is 5.71 Å². The quantitative estimate of drug-likeness (QED) is 0.523. The fraction of sp³-hybridized carbons (Fsp3) is 0.316. The lowest BCUT2D eigenvalue weighted by molar-refractivity contribution is 0.0174. The first-order chi connectivity index (χ1) is 11.4. The maximum atomic E-state index is 9.52. The average Bonchev–Trinajstić information content (AvgIpc) is 2.65. The van der Waals surface area contributed by atoms with Gasteiger partial charge in [-0.05, 0) is 11.1 Å². The number of hydrogen-bond acceptors (Lipinski definition) is 4. The maximum absolute atomic E-state index is 9.52. The fourth-order valence-electron chi connectivity index (χ4n) is 3.05. The molecule has 4 nitrogen and oxygen atoms in total. The Kier molecular flexibility index (Phi) is 5.40. The van der Waals surface area contributed by atoms with Gasteiger partial charge >= 0.3 is 0 Å². The van der Waals surface area contributed by atoms with E-state index in [2.05, 4.69) is 34.3 Å². The molecule has 3 rings (SSSR count). The summed E-state index contributed by atoms with van der Waals surface area (Å²) < 4.78 is 5.48. The van der Waals surface area contributed by atoms with Gasteiger partial charge in [0.1, 0.15) is 0 Å². The molecule has 0 unspecified atom stereocenters. The van der Waals surface area contributed by atoms with Crippen molar-refractivity contribution in [3.8, 4) is 0 Å². The van der Waals surface area contributed by atoms with E-state index >= 15 is 0 Å². The molecule has 1 fully saturated rings. The van der Waals surface area contributed by atoms with E-state index in [0.29, 0.717) is 12.1 Å². The van der Waals surface area contributed by atoms with Crippen molar-refractivity contribution in [1.82, 2.24) is 4.90 Å². The minimum absolute atomic E-state index is 0.186. The highest BCUT2D eigenvalue weighted by Crippen LogP contribution is 2.27. The number of hydrogen-bond donors (Lipinski definition) is 1. The number of benzene rings is 2. The first kappa shape index (κ1) is 15.7. The summed E-state index contributed by atoms with van der Waals surface area (Å²) >= 11 is 0. The summed E-state index contributed by atoms with van der Waals surface area (Å²) in [6, 6.07) is 20.5. The molecular formula is C19H22N2O2. The first-order valence-electron chi connectivity index (χ1n) is 8.01. The third-order valence-corrected chi connectivity index (χ3v) is 4.29. The molecule has 2 aromatic rings. The van der Waals surface area contributed by atoms with Crippen molar-refractivity contribution < 1.29 is 9.94 Å². The SMILES string of the molecule is O/N=C(\C[C@@H](c1ccccc1)N1CCOCC1)c1ccccc1. The monoisotopic (exact) mass is 310 g/mol. The minimum atomic E-state index is 0.186.